The van der Waals surface area contributed by atoms with Gasteiger partial charge in [0.05, 0.1) is 34.4 Å². The number of ether oxygens (including phenoxy) is 4. The van der Waals surface area contributed by atoms with E-state index < -0.39 is 18.4 Å². The van der Waals surface area contributed by atoms with Gasteiger partial charge in [-0.05, 0) is 38.5 Å². The Morgan fingerprint density at radius 3 is 1.09 bits per heavy atom. The van der Waals surface area contributed by atoms with Gasteiger partial charge in [0.2, 0.25) is 0 Å². The maximum Gasteiger partial charge on any atom is 0.361 e. The molecular weight excluding hydrogens is 851 g/mol. The van der Waals surface area contributed by atoms with E-state index in [0.29, 0.717) is 17.4 Å². The summed E-state index contributed by atoms with van der Waals surface area (Å²) in [5, 5.41) is 9.69. The van der Waals surface area contributed by atoms with Crippen LogP contribution < -0.4 is 0 Å². The van der Waals surface area contributed by atoms with Crippen LogP contribution in [0.15, 0.2) is 12.2 Å². The summed E-state index contributed by atoms with van der Waals surface area (Å²) >= 11 is 0. The Labute approximate surface area is 421 Å². The first kappa shape index (κ1) is 66.0. The summed E-state index contributed by atoms with van der Waals surface area (Å²) in [7, 11) is 5.98. The molecule has 1 N–H and O–H groups in total. The van der Waals surface area contributed by atoms with E-state index in [4.69, 9.17) is 18.9 Å². The van der Waals surface area contributed by atoms with E-state index in [-0.39, 0.29) is 38.2 Å². The molecule has 0 saturated heterocycles. The number of carboxylic acid groups (broad SMARTS) is 1. The fourth-order valence-electron chi connectivity index (χ4n) is 8.72. The predicted octanol–water partition coefficient (Wildman–Crippen LogP) is 17.0. The van der Waals surface area contributed by atoms with Crippen molar-refractivity contribution in [2.75, 3.05) is 47.5 Å². The topological polar surface area (TPSA) is 108 Å². The van der Waals surface area contributed by atoms with Crippen molar-refractivity contribution in [1.82, 2.24) is 0 Å². The third kappa shape index (κ3) is 51.9. The third-order valence-corrected chi connectivity index (χ3v) is 13.3. The summed E-state index contributed by atoms with van der Waals surface area (Å²) < 4.78 is 22.9. The highest BCUT2D eigenvalue weighted by Crippen LogP contribution is 2.17. The van der Waals surface area contributed by atoms with E-state index in [1.165, 1.54) is 225 Å². The number of carbonyl (C=O) groups excluding carboxylic acids is 2. The number of quaternary nitrogens is 1. The minimum Gasteiger partial charge on any atom is -0.477 e. The molecular formula is C59H114NO8+. The molecule has 0 aromatic heterocycles. The molecule has 0 heterocycles. The molecule has 0 aliphatic heterocycles. The van der Waals surface area contributed by atoms with Gasteiger partial charge in [0.1, 0.15) is 13.2 Å². The van der Waals surface area contributed by atoms with Gasteiger partial charge < -0.3 is 28.5 Å². The molecule has 2 unspecified atom stereocenters. The lowest BCUT2D eigenvalue weighted by Crippen LogP contribution is -2.40. The average molecular weight is 966 g/mol. The number of esters is 2. The van der Waals surface area contributed by atoms with E-state index in [1.807, 2.05) is 21.1 Å². The molecule has 0 amide bonds. The Balaban J connectivity index is 4.15. The van der Waals surface area contributed by atoms with Crippen molar-refractivity contribution in [2.45, 2.75) is 302 Å². The van der Waals surface area contributed by atoms with E-state index in [1.54, 1.807) is 0 Å². The fourth-order valence-corrected chi connectivity index (χ4v) is 8.72. The van der Waals surface area contributed by atoms with E-state index >= 15 is 0 Å². The molecule has 0 spiro atoms. The van der Waals surface area contributed by atoms with Crippen molar-refractivity contribution in [3.05, 3.63) is 12.2 Å². The summed E-state index contributed by atoms with van der Waals surface area (Å²) in [5.74, 6) is -1.98. The smallest absolute Gasteiger partial charge is 0.361 e. The highest BCUT2D eigenvalue weighted by molar-refractivity contribution is 5.71. The number of carboxylic acids is 1. The first-order valence-corrected chi connectivity index (χ1v) is 29.4. The summed E-state index contributed by atoms with van der Waals surface area (Å²) in [5.41, 5.74) is 0. The molecule has 0 aliphatic rings. The summed E-state index contributed by atoms with van der Waals surface area (Å²) in [6.07, 6.45) is 55.8. The summed E-state index contributed by atoms with van der Waals surface area (Å²) in [4.78, 5) is 37.4. The van der Waals surface area contributed by atoms with Gasteiger partial charge in [0.25, 0.3) is 6.29 Å². The molecule has 9 nitrogen and oxygen atoms in total. The molecule has 68 heavy (non-hydrogen) atoms. The second kappa shape index (κ2) is 51.4. The van der Waals surface area contributed by atoms with Crippen LogP contribution in [-0.2, 0) is 33.3 Å². The first-order chi connectivity index (χ1) is 33.1. The van der Waals surface area contributed by atoms with E-state index in [9.17, 15) is 19.5 Å². The zero-order valence-corrected chi connectivity index (χ0v) is 45.8. The summed E-state index contributed by atoms with van der Waals surface area (Å²) in [6.45, 7) is 4.93. The lowest BCUT2D eigenvalue weighted by molar-refractivity contribution is -0.870. The highest BCUT2D eigenvalue weighted by Gasteiger charge is 2.25. The van der Waals surface area contributed by atoms with E-state index in [2.05, 4.69) is 26.0 Å². The Bertz CT molecular complexity index is 1120. The molecule has 0 bridgehead atoms. The number of nitrogens with zero attached hydrogens (tertiary/aromatic N) is 1. The number of hydrogen-bond donors (Lipinski definition) is 1. The average Bonchev–Trinajstić information content (AvgIpc) is 3.30. The van der Waals surface area contributed by atoms with Gasteiger partial charge in [0, 0.05) is 12.8 Å². The lowest BCUT2D eigenvalue weighted by Gasteiger charge is -2.25. The maximum absolute atomic E-state index is 12.9. The second-order valence-corrected chi connectivity index (χ2v) is 21.3. The van der Waals surface area contributed by atoms with Crippen molar-refractivity contribution in [2.24, 2.45) is 0 Å². The van der Waals surface area contributed by atoms with Crippen LogP contribution in [0.3, 0.4) is 0 Å². The first-order valence-electron chi connectivity index (χ1n) is 29.4. The fraction of sp³-hybridized carbons (Fsp3) is 0.915. The number of unbranched alkanes of at least 4 members (excludes halogenated alkanes) is 38. The van der Waals surface area contributed by atoms with Crippen LogP contribution in [0, 0.1) is 0 Å². The van der Waals surface area contributed by atoms with Crippen LogP contribution >= 0.6 is 0 Å². The number of aliphatic carboxylic acids is 1. The third-order valence-electron chi connectivity index (χ3n) is 13.3. The Hall–Kier alpha value is -1.97. The summed E-state index contributed by atoms with van der Waals surface area (Å²) in [6, 6.07) is 0. The van der Waals surface area contributed by atoms with Crippen LogP contribution in [-0.4, -0.2) is 87.4 Å². The van der Waals surface area contributed by atoms with E-state index in [0.717, 1.165) is 38.5 Å². The minimum absolute atomic E-state index is 0.174. The molecule has 402 valence electrons. The maximum atomic E-state index is 12.9. The van der Waals surface area contributed by atoms with Gasteiger partial charge in [0.15, 0.2) is 6.10 Å². The van der Waals surface area contributed by atoms with Crippen molar-refractivity contribution in [1.29, 1.82) is 0 Å². The largest absolute Gasteiger partial charge is 0.477 e. The van der Waals surface area contributed by atoms with Crippen molar-refractivity contribution < 1.29 is 42.9 Å². The number of allylic oxidation sites excluding steroid dienone is 2. The molecule has 0 saturated carbocycles. The number of rotatable bonds is 55. The SMILES string of the molecule is CCCCCCCCCC/C=C\CCCCCCCCCCCCCCCCCC(=O)OC(COC(=O)CCCCCCCCCCCCCCCCCC)COC(OCC[N+](C)(C)C)C(=O)O. The van der Waals surface area contributed by atoms with Gasteiger partial charge in [-0.25, -0.2) is 4.79 Å². The van der Waals surface area contributed by atoms with Crippen LogP contribution in [0.25, 0.3) is 0 Å². The quantitative estimate of drug-likeness (QED) is 0.0211. The molecule has 0 rings (SSSR count). The zero-order chi connectivity index (χ0) is 49.9. The Morgan fingerprint density at radius 2 is 0.750 bits per heavy atom. The number of carbonyl (C=O) groups is 3. The Kier molecular flexibility index (Phi) is 49.9. The number of hydrogen-bond acceptors (Lipinski definition) is 7. The predicted molar refractivity (Wildman–Crippen MR) is 286 cm³/mol. The Morgan fingerprint density at radius 1 is 0.426 bits per heavy atom. The lowest BCUT2D eigenvalue weighted by atomic mass is 10.0. The minimum atomic E-state index is -1.50. The van der Waals surface area contributed by atoms with Gasteiger partial charge in [-0.15, -0.1) is 0 Å². The molecule has 0 aromatic rings. The van der Waals surface area contributed by atoms with Crippen LogP contribution in [0.4, 0.5) is 0 Å². The van der Waals surface area contributed by atoms with Gasteiger partial charge >= 0.3 is 17.9 Å². The van der Waals surface area contributed by atoms with Crippen molar-refractivity contribution in [3.8, 4) is 0 Å². The van der Waals surface area contributed by atoms with Crippen molar-refractivity contribution >= 4 is 17.9 Å². The number of likely N-dealkylation sites (N-methyl/N-ethyl adjacent to an activating group) is 1. The molecule has 2 atom stereocenters. The molecule has 0 radical (unpaired) electrons. The standard InChI is InChI=1S/C59H113NO8/c1-6-8-10-12-14-16-18-20-22-24-25-26-27-28-29-30-31-32-33-34-36-38-40-42-44-46-48-50-57(62)68-55(54-67-59(58(63)64)65-52-51-60(3,4)5)53-66-56(61)49-47-45-43-41-39-37-35-23-21-19-17-15-13-11-9-7-2/h24-25,55,59H,6-23,26-54H2,1-5H3/p+1/b25-24-. The molecule has 0 fully saturated rings. The second-order valence-electron chi connectivity index (χ2n) is 21.3. The molecule has 0 aliphatic carbocycles. The van der Waals surface area contributed by atoms with Gasteiger partial charge in [-0.3, -0.25) is 9.59 Å². The van der Waals surface area contributed by atoms with Crippen LogP contribution in [0.2, 0.25) is 0 Å². The van der Waals surface area contributed by atoms with Crippen LogP contribution in [0.1, 0.15) is 290 Å². The van der Waals surface area contributed by atoms with Crippen molar-refractivity contribution in [3.63, 3.8) is 0 Å². The monoisotopic (exact) mass is 965 g/mol. The van der Waals surface area contributed by atoms with Gasteiger partial charge in [-0.2, -0.15) is 0 Å². The molecule has 0 aromatic carbocycles. The highest BCUT2D eigenvalue weighted by atomic mass is 16.7. The zero-order valence-electron chi connectivity index (χ0n) is 45.8. The van der Waals surface area contributed by atoms with Gasteiger partial charge in [-0.1, -0.05) is 251 Å². The normalized spacial score (nSPS) is 12.8. The molecule has 9 heteroatoms. The van der Waals surface area contributed by atoms with Crippen LogP contribution in [0.5, 0.6) is 0 Å².